The first kappa shape index (κ1) is 15.7. The Morgan fingerprint density at radius 2 is 2.05 bits per heavy atom. The number of benzene rings is 1. The summed E-state index contributed by atoms with van der Waals surface area (Å²) in [5, 5.41) is 0. The molecule has 0 amide bonds. The fourth-order valence-electron chi connectivity index (χ4n) is 2.64. The summed E-state index contributed by atoms with van der Waals surface area (Å²) in [4.78, 5) is 0.339. The van der Waals surface area contributed by atoms with E-state index in [0.717, 1.165) is 29.1 Å². The van der Waals surface area contributed by atoms with E-state index in [1.54, 1.807) is 6.92 Å². The lowest BCUT2D eigenvalue weighted by atomic mass is 10.1. The van der Waals surface area contributed by atoms with Crippen LogP contribution in [-0.2, 0) is 10.0 Å². The van der Waals surface area contributed by atoms with Crippen LogP contribution in [0.1, 0.15) is 23.1 Å². The zero-order chi connectivity index (χ0) is 14.9. The molecule has 1 saturated heterocycles. The van der Waals surface area contributed by atoms with Gasteiger partial charge in [0.2, 0.25) is 10.0 Å². The Morgan fingerprint density at radius 1 is 1.35 bits per heavy atom. The molecule has 0 spiro atoms. The van der Waals surface area contributed by atoms with Crippen LogP contribution in [0.3, 0.4) is 0 Å². The summed E-state index contributed by atoms with van der Waals surface area (Å²) in [6.07, 6.45) is 1.08. The van der Waals surface area contributed by atoms with Crippen molar-refractivity contribution in [2.75, 3.05) is 23.8 Å². The quantitative estimate of drug-likeness (QED) is 0.836. The fraction of sp³-hybridized carbons (Fsp3) is 0.571. The Morgan fingerprint density at radius 3 is 2.65 bits per heavy atom. The van der Waals surface area contributed by atoms with Gasteiger partial charge >= 0.3 is 0 Å². The van der Waals surface area contributed by atoms with Gasteiger partial charge in [0.25, 0.3) is 0 Å². The normalized spacial score (nSPS) is 19.4. The topological polar surface area (TPSA) is 72.2 Å². The Hall–Kier alpha value is -0.720. The molecular formula is C14H22N2O2S2. The molecule has 112 valence electrons. The highest BCUT2D eigenvalue weighted by Crippen LogP contribution is 2.28. The molecule has 6 heteroatoms. The van der Waals surface area contributed by atoms with Gasteiger partial charge in [0, 0.05) is 12.2 Å². The predicted molar refractivity (Wildman–Crippen MR) is 85.7 cm³/mol. The third-order valence-electron chi connectivity index (χ3n) is 3.82. The third kappa shape index (κ3) is 3.13. The van der Waals surface area contributed by atoms with E-state index in [4.69, 9.17) is 5.73 Å². The number of rotatable bonds is 4. The second-order valence-corrected chi connectivity index (χ2v) is 8.31. The number of nitrogens with one attached hydrogen (secondary N) is 1. The van der Waals surface area contributed by atoms with Gasteiger partial charge < -0.3 is 5.73 Å². The zero-order valence-corrected chi connectivity index (χ0v) is 13.8. The molecule has 0 bridgehead atoms. The summed E-state index contributed by atoms with van der Waals surface area (Å²) >= 11 is 1.88. The van der Waals surface area contributed by atoms with E-state index in [1.807, 2.05) is 31.7 Å². The van der Waals surface area contributed by atoms with Crippen LogP contribution in [0.25, 0.3) is 0 Å². The van der Waals surface area contributed by atoms with Gasteiger partial charge in [-0.25, -0.2) is 13.1 Å². The van der Waals surface area contributed by atoms with E-state index in [2.05, 4.69) is 4.72 Å². The molecule has 0 radical (unpaired) electrons. The Labute approximate surface area is 125 Å². The molecule has 1 aliphatic heterocycles. The molecule has 20 heavy (non-hydrogen) atoms. The predicted octanol–water partition coefficient (Wildman–Crippen LogP) is 2.23. The van der Waals surface area contributed by atoms with Crippen LogP contribution in [0.2, 0.25) is 0 Å². The minimum atomic E-state index is -3.49. The molecule has 1 fully saturated rings. The summed E-state index contributed by atoms with van der Waals surface area (Å²) in [5.74, 6) is 2.61. The summed E-state index contributed by atoms with van der Waals surface area (Å²) in [7, 11) is -3.49. The van der Waals surface area contributed by atoms with Gasteiger partial charge in [0.15, 0.2) is 0 Å². The van der Waals surface area contributed by atoms with Crippen molar-refractivity contribution in [2.45, 2.75) is 32.1 Å². The van der Waals surface area contributed by atoms with Gasteiger partial charge in [0.1, 0.15) is 0 Å². The van der Waals surface area contributed by atoms with Gasteiger partial charge in [-0.3, -0.25) is 0 Å². The van der Waals surface area contributed by atoms with Crippen molar-refractivity contribution in [1.82, 2.24) is 4.72 Å². The van der Waals surface area contributed by atoms with Crippen LogP contribution >= 0.6 is 11.8 Å². The maximum Gasteiger partial charge on any atom is 0.241 e. The molecule has 1 aromatic carbocycles. The van der Waals surface area contributed by atoms with Gasteiger partial charge in [-0.1, -0.05) is 6.07 Å². The van der Waals surface area contributed by atoms with E-state index in [-0.39, 0.29) is 0 Å². The highest BCUT2D eigenvalue weighted by molar-refractivity contribution is 7.99. The lowest BCUT2D eigenvalue weighted by molar-refractivity contribution is 0.545. The maximum atomic E-state index is 12.5. The van der Waals surface area contributed by atoms with Crippen molar-refractivity contribution in [3.8, 4) is 0 Å². The molecule has 1 heterocycles. The number of hydrogen-bond acceptors (Lipinski definition) is 4. The summed E-state index contributed by atoms with van der Waals surface area (Å²) < 4.78 is 27.8. The third-order valence-corrected chi connectivity index (χ3v) is 6.76. The molecule has 1 aromatic rings. The van der Waals surface area contributed by atoms with E-state index < -0.39 is 10.0 Å². The van der Waals surface area contributed by atoms with Crippen LogP contribution in [-0.4, -0.2) is 26.5 Å². The second kappa shape index (κ2) is 5.95. The number of thioether (sulfide) groups is 1. The summed E-state index contributed by atoms with van der Waals surface area (Å²) in [6.45, 7) is 6.01. The average molecular weight is 314 g/mol. The van der Waals surface area contributed by atoms with Gasteiger partial charge in [-0.05, 0) is 61.3 Å². The number of nitrogens with two attached hydrogens (primary N) is 1. The first-order valence-corrected chi connectivity index (χ1v) is 9.40. The number of anilines is 1. The van der Waals surface area contributed by atoms with Crippen molar-refractivity contribution in [3.63, 3.8) is 0 Å². The monoisotopic (exact) mass is 314 g/mol. The van der Waals surface area contributed by atoms with Gasteiger partial charge in [0.05, 0.1) is 4.90 Å². The molecule has 1 unspecified atom stereocenters. The minimum absolute atomic E-state index is 0.339. The first-order valence-electron chi connectivity index (χ1n) is 6.76. The second-order valence-electron chi connectivity index (χ2n) is 5.46. The zero-order valence-electron chi connectivity index (χ0n) is 12.2. The molecule has 1 aliphatic rings. The van der Waals surface area contributed by atoms with Crippen LogP contribution in [0.15, 0.2) is 11.0 Å². The molecule has 1 atom stereocenters. The maximum absolute atomic E-state index is 12.5. The van der Waals surface area contributed by atoms with E-state index in [0.29, 0.717) is 28.6 Å². The van der Waals surface area contributed by atoms with Crippen molar-refractivity contribution in [3.05, 3.63) is 22.8 Å². The Bertz CT molecular complexity index is 606. The standard InChI is InChI=1S/C14H22N2O2S2/c1-9-6-10(2)14(11(3)13(9)15)20(17,18)16-7-12-4-5-19-8-12/h6,12,16H,4-5,7-8,15H2,1-3H3. The Balaban J connectivity index is 2.27. The molecule has 0 aromatic heterocycles. The van der Waals surface area contributed by atoms with Crippen molar-refractivity contribution >= 4 is 27.5 Å². The summed E-state index contributed by atoms with van der Waals surface area (Å²) in [5.41, 5.74) is 8.86. The smallest absolute Gasteiger partial charge is 0.241 e. The van der Waals surface area contributed by atoms with Crippen molar-refractivity contribution in [2.24, 2.45) is 5.92 Å². The molecule has 0 saturated carbocycles. The number of sulfonamides is 1. The SMILES string of the molecule is Cc1cc(C)c(S(=O)(=O)NCC2CCSC2)c(C)c1N. The first-order chi connectivity index (χ1) is 9.33. The fourth-order valence-corrected chi connectivity index (χ4v) is 5.52. The minimum Gasteiger partial charge on any atom is -0.398 e. The molecule has 3 N–H and O–H groups in total. The van der Waals surface area contributed by atoms with Crippen LogP contribution in [0, 0.1) is 26.7 Å². The number of nitrogen functional groups attached to an aromatic ring is 1. The molecule has 0 aliphatic carbocycles. The van der Waals surface area contributed by atoms with Crippen molar-refractivity contribution in [1.29, 1.82) is 0 Å². The largest absolute Gasteiger partial charge is 0.398 e. The summed E-state index contributed by atoms with van der Waals surface area (Å²) in [6, 6.07) is 1.84. The molecular weight excluding hydrogens is 292 g/mol. The van der Waals surface area contributed by atoms with Crippen LogP contribution < -0.4 is 10.5 Å². The van der Waals surface area contributed by atoms with Crippen LogP contribution in [0.5, 0.6) is 0 Å². The molecule has 4 nitrogen and oxygen atoms in total. The lowest BCUT2D eigenvalue weighted by Gasteiger charge is -2.17. The van der Waals surface area contributed by atoms with Crippen LogP contribution in [0.4, 0.5) is 5.69 Å². The van der Waals surface area contributed by atoms with E-state index in [9.17, 15) is 8.42 Å². The van der Waals surface area contributed by atoms with E-state index in [1.165, 1.54) is 0 Å². The Kier molecular flexibility index (Phi) is 4.66. The van der Waals surface area contributed by atoms with Gasteiger partial charge in [-0.2, -0.15) is 11.8 Å². The van der Waals surface area contributed by atoms with Gasteiger partial charge in [-0.15, -0.1) is 0 Å². The molecule has 2 rings (SSSR count). The van der Waals surface area contributed by atoms with E-state index >= 15 is 0 Å². The number of hydrogen-bond donors (Lipinski definition) is 2. The van der Waals surface area contributed by atoms with Crippen molar-refractivity contribution < 1.29 is 8.42 Å². The average Bonchev–Trinajstić information content (AvgIpc) is 2.86. The highest BCUT2D eigenvalue weighted by Gasteiger charge is 2.24. The highest BCUT2D eigenvalue weighted by atomic mass is 32.2. The lowest BCUT2D eigenvalue weighted by Crippen LogP contribution is -2.30. The number of aryl methyl sites for hydroxylation is 2.